The number of nitrogens with zero attached hydrogens (tertiary/aromatic N) is 6. The van der Waals surface area contributed by atoms with Crippen molar-refractivity contribution in [2.24, 2.45) is 0 Å². The van der Waals surface area contributed by atoms with Gasteiger partial charge in [0.2, 0.25) is 0 Å². The van der Waals surface area contributed by atoms with E-state index < -0.39 is 0 Å². The highest BCUT2D eigenvalue weighted by Crippen LogP contribution is 2.33. The minimum atomic E-state index is 0.0200. The highest BCUT2D eigenvalue weighted by Gasteiger charge is 2.29. The second-order valence-corrected chi connectivity index (χ2v) is 6.65. The van der Waals surface area contributed by atoms with Crippen LogP contribution in [0.1, 0.15) is 31.7 Å². The van der Waals surface area contributed by atoms with Gasteiger partial charge in [-0.15, -0.1) is 5.10 Å². The van der Waals surface area contributed by atoms with Gasteiger partial charge in [0.25, 0.3) is 5.56 Å². The maximum atomic E-state index is 12.6. The number of aromatic nitrogens is 4. The fraction of sp³-hybridized carbons (Fsp3) is 0.529. The Hall–Kier alpha value is -2.44. The number of rotatable bonds is 5. The molecule has 0 N–H and O–H groups in total. The first-order valence-electron chi connectivity index (χ1n) is 8.56. The normalized spacial score (nSPS) is 20.4. The Kier molecular flexibility index (Phi) is 3.92. The standard InChI is InChI=1S/C17H22N6O/c1-21(16-17(24)23(11-9-18-16)13-6-7-13)12-14-4-3-10-22(14)15-5-2-8-19-20-15/h2,5,8-9,11,13-14H,3-4,6-7,10,12H2,1H3. The average Bonchev–Trinajstić information content (AvgIpc) is 3.35. The molecule has 2 fully saturated rings. The molecule has 0 spiro atoms. The Morgan fingerprint density at radius 1 is 1.29 bits per heavy atom. The smallest absolute Gasteiger partial charge is 0.293 e. The van der Waals surface area contributed by atoms with Crippen molar-refractivity contribution < 1.29 is 0 Å². The largest absolute Gasteiger partial charge is 0.353 e. The second-order valence-electron chi connectivity index (χ2n) is 6.65. The van der Waals surface area contributed by atoms with Crippen LogP contribution in [-0.4, -0.2) is 45.9 Å². The third-order valence-electron chi connectivity index (χ3n) is 4.87. The molecule has 0 radical (unpaired) electrons. The number of hydrogen-bond donors (Lipinski definition) is 0. The SMILES string of the molecule is CN(CC1CCCN1c1cccnn1)c1nccn(C2CC2)c1=O. The molecule has 1 saturated carbocycles. The molecule has 2 aromatic rings. The van der Waals surface area contributed by atoms with Crippen molar-refractivity contribution in [3.63, 3.8) is 0 Å². The highest BCUT2D eigenvalue weighted by molar-refractivity contribution is 5.42. The van der Waals surface area contributed by atoms with Crippen molar-refractivity contribution in [1.82, 2.24) is 19.7 Å². The number of hydrogen-bond acceptors (Lipinski definition) is 6. The maximum Gasteiger partial charge on any atom is 0.293 e. The van der Waals surface area contributed by atoms with E-state index in [0.717, 1.165) is 44.6 Å². The van der Waals surface area contributed by atoms with E-state index in [4.69, 9.17) is 0 Å². The molecule has 4 rings (SSSR count). The topological polar surface area (TPSA) is 67.2 Å². The number of anilines is 2. The van der Waals surface area contributed by atoms with Gasteiger partial charge in [0, 0.05) is 50.8 Å². The molecule has 1 aliphatic carbocycles. The van der Waals surface area contributed by atoms with Crippen LogP contribution in [0.25, 0.3) is 0 Å². The van der Waals surface area contributed by atoms with E-state index in [1.54, 1.807) is 18.6 Å². The van der Waals surface area contributed by atoms with Crippen LogP contribution in [0.5, 0.6) is 0 Å². The van der Waals surface area contributed by atoms with Gasteiger partial charge in [0.15, 0.2) is 11.6 Å². The summed E-state index contributed by atoms with van der Waals surface area (Å²) in [7, 11) is 1.95. The zero-order valence-corrected chi connectivity index (χ0v) is 13.9. The van der Waals surface area contributed by atoms with E-state index in [2.05, 4.69) is 20.1 Å². The van der Waals surface area contributed by atoms with Crippen molar-refractivity contribution in [3.8, 4) is 0 Å². The molecule has 126 valence electrons. The van der Waals surface area contributed by atoms with E-state index in [0.29, 0.717) is 17.9 Å². The lowest BCUT2D eigenvalue weighted by Gasteiger charge is -2.29. The first-order chi connectivity index (χ1) is 11.7. The Morgan fingerprint density at radius 3 is 2.92 bits per heavy atom. The molecule has 2 aromatic heterocycles. The summed E-state index contributed by atoms with van der Waals surface area (Å²) in [6.07, 6.45) is 9.63. The fourth-order valence-corrected chi connectivity index (χ4v) is 3.49. The van der Waals surface area contributed by atoms with Gasteiger partial charge in [-0.25, -0.2) is 4.98 Å². The van der Waals surface area contributed by atoms with Crippen molar-refractivity contribution in [1.29, 1.82) is 0 Å². The van der Waals surface area contributed by atoms with Gasteiger partial charge >= 0.3 is 0 Å². The highest BCUT2D eigenvalue weighted by atomic mass is 16.1. The Morgan fingerprint density at radius 2 is 2.17 bits per heavy atom. The lowest BCUT2D eigenvalue weighted by molar-refractivity contribution is 0.632. The van der Waals surface area contributed by atoms with Gasteiger partial charge in [-0.2, -0.15) is 5.10 Å². The Balaban J connectivity index is 1.52. The van der Waals surface area contributed by atoms with Gasteiger partial charge in [-0.1, -0.05) is 0 Å². The van der Waals surface area contributed by atoms with Crippen LogP contribution in [-0.2, 0) is 0 Å². The van der Waals surface area contributed by atoms with E-state index in [-0.39, 0.29) is 5.56 Å². The molecule has 2 aliphatic rings. The van der Waals surface area contributed by atoms with E-state index >= 15 is 0 Å². The second kappa shape index (κ2) is 6.22. The van der Waals surface area contributed by atoms with E-state index in [1.165, 1.54) is 0 Å². The summed E-state index contributed by atoms with van der Waals surface area (Å²) in [5.41, 5.74) is 0.0200. The molecule has 1 atom stereocenters. The van der Waals surface area contributed by atoms with Gasteiger partial charge in [-0.05, 0) is 37.8 Å². The summed E-state index contributed by atoms with van der Waals surface area (Å²) < 4.78 is 1.83. The van der Waals surface area contributed by atoms with Crippen LogP contribution in [0.2, 0.25) is 0 Å². The third kappa shape index (κ3) is 2.86. The minimum Gasteiger partial charge on any atom is -0.353 e. The first kappa shape index (κ1) is 15.1. The summed E-state index contributed by atoms with van der Waals surface area (Å²) in [5, 5.41) is 8.21. The molecule has 1 saturated heterocycles. The zero-order valence-electron chi connectivity index (χ0n) is 13.9. The van der Waals surface area contributed by atoms with Crippen molar-refractivity contribution >= 4 is 11.6 Å². The Bertz CT molecular complexity index is 757. The molecular formula is C17H22N6O. The summed E-state index contributed by atoms with van der Waals surface area (Å²) >= 11 is 0. The zero-order chi connectivity index (χ0) is 16.5. The molecule has 3 heterocycles. The molecular weight excluding hydrogens is 304 g/mol. The summed E-state index contributed by atoms with van der Waals surface area (Å²) in [4.78, 5) is 21.2. The van der Waals surface area contributed by atoms with Crippen LogP contribution in [0.4, 0.5) is 11.6 Å². The predicted octanol–water partition coefficient (Wildman–Crippen LogP) is 1.47. The summed E-state index contributed by atoms with van der Waals surface area (Å²) in [6, 6.07) is 4.60. The predicted molar refractivity (Wildman–Crippen MR) is 92.4 cm³/mol. The summed E-state index contributed by atoms with van der Waals surface area (Å²) in [5.74, 6) is 1.44. The average molecular weight is 326 g/mol. The molecule has 0 amide bonds. The molecule has 1 aliphatic heterocycles. The fourth-order valence-electron chi connectivity index (χ4n) is 3.49. The molecule has 1 unspecified atom stereocenters. The summed E-state index contributed by atoms with van der Waals surface area (Å²) in [6.45, 7) is 1.74. The Labute approximate surface area is 140 Å². The van der Waals surface area contributed by atoms with E-state index in [9.17, 15) is 4.79 Å². The van der Waals surface area contributed by atoms with E-state index in [1.807, 2.05) is 28.6 Å². The molecule has 0 bridgehead atoms. The van der Waals surface area contributed by atoms with Gasteiger partial charge in [0.05, 0.1) is 0 Å². The van der Waals surface area contributed by atoms with Crippen LogP contribution < -0.4 is 15.4 Å². The van der Waals surface area contributed by atoms with Gasteiger partial charge in [-0.3, -0.25) is 4.79 Å². The van der Waals surface area contributed by atoms with Gasteiger partial charge in [0.1, 0.15) is 0 Å². The van der Waals surface area contributed by atoms with Crippen LogP contribution in [0, 0.1) is 0 Å². The molecule has 7 nitrogen and oxygen atoms in total. The quantitative estimate of drug-likeness (QED) is 0.829. The van der Waals surface area contributed by atoms with Crippen molar-refractivity contribution in [2.45, 2.75) is 37.8 Å². The monoisotopic (exact) mass is 326 g/mol. The lowest BCUT2D eigenvalue weighted by atomic mass is 10.2. The lowest BCUT2D eigenvalue weighted by Crippen LogP contribution is -2.41. The van der Waals surface area contributed by atoms with Gasteiger partial charge < -0.3 is 14.4 Å². The first-order valence-corrected chi connectivity index (χ1v) is 8.56. The van der Waals surface area contributed by atoms with Crippen molar-refractivity contribution in [3.05, 3.63) is 41.1 Å². The molecule has 7 heteroatoms. The van der Waals surface area contributed by atoms with Crippen LogP contribution in [0.15, 0.2) is 35.5 Å². The third-order valence-corrected chi connectivity index (χ3v) is 4.87. The minimum absolute atomic E-state index is 0.0200. The van der Waals surface area contributed by atoms with Crippen molar-refractivity contribution in [2.75, 3.05) is 29.9 Å². The number of likely N-dealkylation sites (N-methyl/N-ethyl adjacent to an activating group) is 1. The molecule has 24 heavy (non-hydrogen) atoms. The van der Waals surface area contributed by atoms with Crippen LogP contribution in [0.3, 0.4) is 0 Å². The maximum absolute atomic E-state index is 12.6. The van der Waals surface area contributed by atoms with Crippen LogP contribution >= 0.6 is 0 Å². The molecule has 0 aromatic carbocycles.